The van der Waals surface area contributed by atoms with E-state index in [1.54, 1.807) is 26.4 Å². The maximum absolute atomic E-state index is 5.79. The van der Waals surface area contributed by atoms with Crippen LogP contribution in [0.4, 0.5) is 5.69 Å². The molecule has 0 amide bonds. The normalized spacial score (nSPS) is 10.3. The minimum atomic E-state index is 0.593. The van der Waals surface area contributed by atoms with Gasteiger partial charge < -0.3 is 14.9 Å². The van der Waals surface area contributed by atoms with Crippen LogP contribution >= 0.6 is 0 Å². The van der Waals surface area contributed by atoms with Gasteiger partial charge in [-0.3, -0.25) is 0 Å². The monoisotopic (exact) mass is 204 g/mol. The highest BCUT2D eigenvalue weighted by atomic mass is 16.5. The Balaban J connectivity index is 2.57. The smallest absolute Gasteiger partial charge is 0.191 e. The largest absolute Gasteiger partial charge is 0.494 e. The summed E-state index contributed by atoms with van der Waals surface area (Å²) < 4.78 is 10.4. The molecule has 0 bridgehead atoms. The number of nitrogen functional groups attached to an aromatic ring is 1. The van der Waals surface area contributed by atoms with E-state index in [0.717, 1.165) is 11.3 Å². The van der Waals surface area contributed by atoms with E-state index in [4.69, 9.17) is 14.9 Å². The van der Waals surface area contributed by atoms with Crippen molar-refractivity contribution in [1.29, 1.82) is 0 Å². The number of rotatable bonds is 2. The molecule has 0 atom stereocenters. The number of nitrogens with two attached hydrogens (primary N) is 1. The minimum Gasteiger partial charge on any atom is -0.494 e. The molecule has 2 rings (SSSR count). The topological polar surface area (TPSA) is 61.3 Å². The number of anilines is 1. The Bertz CT molecular complexity index is 477. The summed E-state index contributed by atoms with van der Waals surface area (Å²) in [6.07, 6.45) is 1.59. The van der Waals surface area contributed by atoms with Crippen molar-refractivity contribution >= 4 is 5.69 Å². The Morgan fingerprint density at radius 2 is 2.20 bits per heavy atom. The lowest BCUT2D eigenvalue weighted by atomic mass is 10.1. The van der Waals surface area contributed by atoms with Gasteiger partial charge in [0.2, 0.25) is 0 Å². The first-order valence-corrected chi connectivity index (χ1v) is 4.57. The molecule has 1 aromatic heterocycles. The molecule has 1 heterocycles. The molecule has 0 aliphatic heterocycles. The zero-order valence-corrected chi connectivity index (χ0v) is 8.65. The maximum Gasteiger partial charge on any atom is 0.191 e. The number of hydrogen-bond donors (Lipinski definition) is 1. The van der Waals surface area contributed by atoms with Crippen LogP contribution in [-0.2, 0) is 0 Å². The maximum atomic E-state index is 5.79. The Morgan fingerprint density at radius 1 is 1.40 bits per heavy atom. The van der Waals surface area contributed by atoms with Crippen LogP contribution in [0.25, 0.3) is 11.3 Å². The number of hydrogen-bond acceptors (Lipinski definition) is 4. The first-order valence-electron chi connectivity index (χ1n) is 4.57. The number of oxazole rings is 1. The van der Waals surface area contributed by atoms with Gasteiger partial charge >= 0.3 is 0 Å². The van der Waals surface area contributed by atoms with Crippen LogP contribution < -0.4 is 10.5 Å². The number of nitrogens with zero attached hydrogens (tertiary/aromatic N) is 1. The van der Waals surface area contributed by atoms with E-state index in [1.807, 2.05) is 12.1 Å². The van der Waals surface area contributed by atoms with Gasteiger partial charge in [0.25, 0.3) is 0 Å². The van der Waals surface area contributed by atoms with Crippen LogP contribution in [0.2, 0.25) is 0 Å². The SMILES string of the molecule is COc1c(N)cccc1-c1coc(C)n1. The van der Waals surface area contributed by atoms with E-state index in [1.165, 1.54) is 0 Å². The van der Waals surface area contributed by atoms with Crippen LogP contribution in [0.1, 0.15) is 5.89 Å². The fraction of sp³-hybridized carbons (Fsp3) is 0.182. The van der Waals surface area contributed by atoms with Crippen LogP contribution in [0.3, 0.4) is 0 Å². The van der Waals surface area contributed by atoms with Crippen molar-refractivity contribution in [3.05, 3.63) is 30.4 Å². The summed E-state index contributed by atoms with van der Waals surface area (Å²) in [5, 5.41) is 0. The van der Waals surface area contributed by atoms with Gasteiger partial charge in [-0.05, 0) is 12.1 Å². The van der Waals surface area contributed by atoms with Gasteiger partial charge in [0.15, 0.2) is 11.6 Å². The molecule has 0 radical (unpaired) electrons. The van der Waals surface area contributed by atoms with Gasteiger partial charge in [0, 0.05) is 12.5 Å². The molecule has 0 spiro atoms. The second kappa shape index (κ2) is 3.65. The summed E-state index contributed by atoms with van der Waals surface area (Å²) in [6.45, 7) is 1.79. The molecule has 2 N–H and O–H groups in total. The average Bonchev–Trinajstić information content (AvgIpc) is 2.64. The minimum absolute atomic E-state index is 0.593. The van der Waals surface area contributed by atoms with Crippen molar-refractivity contribution in [3.8, 4) is 17.0 Å². The predicted octanol–water partition coefficient (Wildman–Crippen LogP) is 2.24. The summed E-state index contributed by atoms with van der Waals surface area (Å²) in [5.41, 5.74) is 7.96. The molecule has 0 aliphatic rings. The summed E-state index contributed by atoms with van der Waals surface area (Å²) in [4.78, 5) is 4.23. The van der Waals surface area contributed by atoms with Gasteiger partial charge in [0.1, 0.15) is 12.0 Å². The van der Waals surface area contributed by atoms with E-state index in [-0.39, 0.29) is 0 Å². The van der Waals surface area contributed by atoms with E-state index < -0.39 is 0 Å². The molecular weight excluding hydrogens is 192 g/mol. The first kappa shape index (κ1) is 9.58. The van der Waals surface area contributed by atoms with Crippen LogP contribution in [0.15, 0.2) is 28.9 Å². The lowest BCUT2D eigenvalue weighted by Gasteiger charge is -2.08. The lowest BCUT2D eigenvalue weighted by Crippen LogP contribution is -1.94. The molecule has 78 valence electrons. The van der Waals surface area contributed by atoms with Gasteiger partial charge in [-0.15, -0.1) is 0 Å². The van der Waals surface area contributed by atoms with Crippen LogP contribution in [0, 0.1) is 6.92 Å². The summed E-state index contributed by atoms with van der Waals surface area (Å²) in [5.74, 6) is 1.25. The molecule has 0 unspecified atom stereocenters. The van der Waals surface area contributed by atoms with Crippen molar-refractivity contribution < 1.29 is 9.15 Å². The summed E-state index contributed by atoms with van der Waals surface area (Å²) in [7, 11) is 1.59. The highest BCUT2D eigenvalue weighted by molar-refractivity contribution is 5.74. The standard InChI is InChI=1S/C11H12N2O2/c1-7-13-10(6-15-7)8-4-3-5-9(12)11(8)14-2/h3-6H,12H2,1-2H3. The zero-order chi connectivity index (χ0) is 10.8. The Morgan fingerprint density at radius 3 is 2.80 bits per heavy atom. The number of aromatic nitrogens is 1. The second-order valence-electron chi connectivity index (χ2n) is 3.18. The third-order valence-electron chi connectivity index (χ3n) is 2.14. The summed E-state index contributed by atoms with van der Waals surface area (Å²) in [6, 6.07) is 5.54. The van der Waals surface area contributed by atoms with Crippen molar-refractivity contribution in [2.24, 2.45) is 0 Å². The Labute approximate surface area is 87.7 Å². The van der Waals surface area contributed by atoms with Crippen molar-refractivity contribution in [3.63, 3.8) is 0 Å². The van der Waals surface area contributed by atoms with Crippen molar-refractivity contribution in [2.45, 2.75) is 6.92 Å². The molecule has 4 nitrogen and oxygen atoms in total. The highest BCUT2D eigenvalue weighted by Crippen LogP contribution is 2.33. The lowest BCUT2D eigenvalue weighted by molar-refractivity contribution is 0.418. The third kappa shape index (κ3) is 1.66. The number of aryl methyl sites for hydroxylation is 1. The summed E-state index contributed by atoms with van der Waals surface area (Å²) >= 11 is 0. The number of ether oxygens (including phenoxy) is 1. The molecule has 0 saturated heterocycles. The molecule has 0 fully saturated rings. The molecule has 2 aromatic rings. The van der Waals surface area contributed by atoms with Crippen LogP contribution in [-0.4, -0.2) is 12.1 Å². The predicted molar refractivity (Wildman–Crippen MR) is 57.6 cm³/mol. The average molecular weight is 204 g/mol. The second-order valence-corrected chi connectivity index (χ2v) is 3.18. The zero-order valence-electron chi connectivity index (χ0n) is 8.65. The van der Waals surface area contributed by atoms with E-state index in [2.05, 4.69) is 4.98 Å². The van der Waals surface area contributed by atoms with E-state index in [0.29, 0.717) is 17.3 Å². The van der Waals surface area contributed by atoms with Crippen molar-refractivity contribution in [2.75, 3.05) is 12.8 Å². The number of para-hydroxylation sites is 1. The quantitative estimate of drug-likeness (QED) is 0.762. The van der Waals surface area contributed by atoms with Gasteiger partial charge in [-0.1, -0.05) is 6.07 Å². The van der Waals surface area contributed by atoms with E-state index in [9.17, 15) is 0 Å². The Kier molecular flexibility index (Phi) is 2.33. The molecular formula is C11H12N2O2. The molecule has 4 heteroatoms. The van der Waals surface area contributed by atoms with Gasteiger partial charge in [0.05, 0.1) is 12.8 Å². The number of methoxy groups -OCH3 is 1. The molecule has 0 saturated carbocycles. The third-order valence-corrected chi connectivity index (χ3v) is 2.14. The molecule has 0 aliphatic carbocycles. The van der Waals surface area contributed by atoms with E-state index >= 15 is 0 Å². The first-order chi connectivity index (χ1) is 7.22. The fourth-order valence-corrected chi connectivity index (χ4v) is 1.47. The van der Waals surface area contributed by atoms with Gasteiger partial charge in [-0.25, -0.2) is 4.98 Å². The van der Waals surface area contributed by atoms with Crippen LogP contribution in [0.5, 0.6) is 5.75 Å². The number of benzene rings is 1. The Hall–Kier alpha value is -1.97. The fourth-order valence-electron chi connectivity index (χ4n) is 1.47. The highest BCUT2D eigenvalue weighted by Gasteiger charge is 2.11. The molecule has 1 aromatic carbocycles. The van der Waals surface area contributed by atoms with Gasteiger partial charge in [-0.2, -0.15) is 0 Å². The van der Waals surface area contributed by atoms with Crippen molar-refractivity contribution in [1.82, 2.24) is 4.98 Å². The molecule has 15 heavy (non-hydrogen) atoms.